The number of rotatable bonds is 5. The van der Waals surface area contributed by atoms with Gasteiger partial charge in [0, 0.05) is 11.0 Å². The van der Waals surface area contributed by atoms with Crippen molar-refractivity contribution in [2.75, 3.05) is 6.54 Å². The lowest BCUT2D eigenvalue weighted by atomic mass is 9.82. The maximum Gasteiger partial charge on any atom is 0.306 e. The quantitative estimate of drug-likeness (QED) is 0.859. The van der Waals surface area contributed by atoms with Gasteiger partial charge in [-0.2, -0.15) is 0 Å². The highest BCUT2D eigenvalue weighted by atomic mass is 79.9. The molecule has 1 aliphatic carbocycles. The lowest BCUT2D eigenvalue weighted by molar-refractivity contribution is -0.143. The molecule has 0 aliphatic heterocycles. The van der Waals surface area contributed by atoms with Gasteiger partial charge in [-0.05, 0) is 62.3 Å². The number of carboxylic acids is 1. The Morgan fingerprint density at radius 1 is 1.35 bits per heavy atom. The van der Waals surface area contributed by atoms with E-state index in [1.165, 1.54) is 11.1 Å². The van der Waals surface area contributed by atoms with Crippen LogP contribution in [0.2, 0.25) is 0 Å². The maximum atomic E-state index is 10.9. The van der Waals surface area contributed by atoms with Crippen LogP contribution in [-0.2, 0) is 11.3 Å². The minimum Gasteiger partial charge on any atom is -0.481 e. The highest BCUT2D eigenvalue weighted by molar-refractivity contribution is 9.10. The first kappa shape index (κ1) is 15.5. The van der Waals surface area contributed by atoms with Crippen molar-refractivity contribution in [3.8, 4) is 0 Å². The molecule has 4 heteroatoms. The molecule has 110 valence electrons. The Balaban J connectivity index is 1.71. The van der Waals surface area contributed by atoms with Crippen LogP contribution in [0.5, 0.6) is 0 Å². The monoisotopic (exact) mass is 339 g/mol. The minimum atomic E-state index is -0.624. The summed E-state index contributed by atoms with van der Waals surface area (Å²) in [6.45, 7) is 3.94. The van der Waals surface area contributed by atoms with Gasteiger partial charge in [0.1, 0.15) is 0 Å². The van der Waals surface area contributed by atoms with Crippen molar-refractivity contribution in [3.05, 3.63) is 33.8 Å². The van der Waals surface area contributed by atoms with Crippen LogP contribution in [-0.4, -0.2) is 17.6 Å². The molecule has 0 atom stereocenters. The number of halogens is 1. The van der Waals surface area contributed by atoms with Gasteiger partial charge in [-0.3, -0.25) is 4.79 Å². The lowest BCUT2D eigenvalue weighted by Gasteiger charge is -2.26. The van der Waals surface area contributed by atoms with Crippen LogP contribution in [0.3, 0.4) is 0 Å². The molecule has 0 saturated heterocycles. The molecule has 1 fully saturated rings. The van der Waals surface area contributed by atoms with E-state index in [1.807, 2.05) is 0 Å². The molecule has 0 spiro atoms. The van der Waals surface area contributed by atoms with Crippen molar-refractivity contribution in [1.29, 1.82) is 0 Å². The Labute approximate surface area is 128 Å². The van der Waals surface area contributed by atoms with E-state index in [1.54, 1.807) is 0 Å². The SMILES string of the molecule is Cc1ccc(CNCC2CCC(C(=O)O)CC2)cc1Br. The molecule has 1 aliphatic rings. The average Bonchev–Trinajstić information content (AvgIpc) is 2.43. The number of benzene rings is 1. The fourth-order valence-corrected chi connectivity index (χ4v) is 3.21. The van der Waals surface area contributed by atoms with Gasteiger partial charge in [0.25, 0.3) is 0 Å². The first-order valence-electron chi connectivity index (χ1n) is 7.25. The summed E-state index contributed by atoms with van der Waals surface area (Å²) in [4.78, 5) is 10.9. The molecule has 0 heterocycles. The summed E-state index contributed by atoms with van der Waals surface area (Å²) in [5.41, 5.74) is 2.53. The molecule has 1 saturated carbocycles. The standard InChI is InChI=1S/C16H22BrNO2/c1-11-2-3-13(8-15(11)17)10-18-9-12-4-6-14(7-5-12)16(19)20/h2-3,8,12,14,18H,4-7,9-10H2,1H3,(H,19,20). The number of aryl methyl sites for hydroxylation is 1. The predicted molar refractivity (Wildman–Crippen MR) is 83.7 cm³/mol. The molecule has 1 aromatic rings. The van der Waals surface area contributed by atoms with Gasteiger partial charge in [-0.1, -0.05) is 28.1 Å². The summed E-state index contributed by atoms with van der Waals surface area (Å²) in [5, 5.41) is 12.5. The van der Waals surface area contributed by atoms with Crippen molar-refractivity contribution in [3.63, 3.8) is 0 Å². The van der Waals surface area contributed by atoms with Crippen LogP contribution >= 0.6 is 15.9 Å². The molecule has 20 heavy (non-hydrogen) atoms. The van der Waals surface area contributed by atoms with Gasteiger partial charge in [0.05, 0.1) is 5.92 Å². The third-order valence-corrected chi connectivity index (χ3v) is 5.05. The van der Waals surface area contributed by atoms with Gasteiger partial charge in [-0.15, -0.1) is 0 Å². The summed E-state index contributed by atoms with van der Waals surface area (Å²) in [7, 11) is 0. The molecule has 1 aromatic carbocycles. The Hall–Kier alpha value is -0.870. The van der Waals surface area contributed by atoms with E-state index < -0.39 is 5.97 Å². The molecule has 0 unspecified atom stereocenters. The van der Waals surface area contributed by atoms with E-state index in [2.05, 4.69) is 46.4 Å². The molecular formula is C16H22BrNO2. The van der Waals surface area contributed by atoms with Gasteiger partial charge in [0.2, 0.25) is 0 Å². The topological polar surface area (TPSA) is 49.3 Å². The number of nitrogens with one attached hydrogen (secondary N) is 1. The average molecular weight is 340 g/mol. The van der Waals surface area contributed by atoms with Crippen molar-refractivity contribution in [1.82, 2.24) is 5.32 Å². The highest BCUT2D eigenvalue weighted by Crippen LogP contribution is 2.28. The van der Waals surface area contributed by atoms with E-state index in [-0.39, 0.29) is 5.92 Å². The van der Waals surface area contributed by atoms with E-state index in [4.69, 9.17) is 5.11 Å². The van der Waals surface area contributed by atoms with Crippen molar-refractivity contribution < 1.29 is 9.90 Å². The first-order valence-corrected chi connectivity index (χ1v) is 8.04. The molecule has 3 nitrogen and oxygen atoms in total. The zero-order chi connectivity index (χ0) is 14.5. The summed E-state index contributed by atoms with van der Waals surface area (Å²) >= 11 is 3.55. The number of aliphatic carboxylic acids is 1. The van der Waals surface area contributed by atoms with E-state index >= 15 is 0 Å². The van der Waals surface area contributed by atoms with Crippen LogP contribution in [0.1, 0.15) is 36.8 Å². The second-order valence-electron chi connectivity index (χ2n) is 5.77. The first-order chi connectivity index (χ1) is 9.56. The zero-order valence-electron chi connectivity index (χ0n) is 11.9. The van der Waals surface area contributed by atoms with Gasteiger partial charge >= 0.3 is 5.97 Å². The Morgan fingerprint density at radius 3 is 2.65 bits per heavy atom. The van der Waals surface area contributed by atoms with Gasteiger partial charge in [0.15, 0.2) is 0 Å². The largest absolute Gasteiger partial charge is 0.481 e. The normalized spacial score (nSPS) is 22.7. The van der Waals surface area contributed by atoms with Crippen molar-refractivity contribution in [2.24, 2.45) is 11.8 Å². The second kappa shape index (κ2) is 7.23. The summed E-state index contributed by atoms with van der Waals surface area (Å²) in [5.74, 6) is -0.111. The number of hydrogen-bond donors (Lipinski definition) is 2. The van der Waals surface area contributed by atoms with Crippen molar-refractivity contribution in [2.45, 2.75) is 39.2 Å². The van der Waals surface area contributed by atoms with E-state index in [9.17, 15) is 4.79 Å². The van der Waals surface area contributed by atoms with E-state index in [0.717, 1.165) is 43.2 Å². The van der Waals surface area contributed by atoms with Crippen LogP contribution in [0.25, 0.3) is 0 Å². The van der Waals surface area contributed by atoms with Crippen LogP contribution < -0.4 is 5.32 Å². The summed E-state index contributed by atoms with van der Waals surface area (Å²) in [6.07, 6.45) is 3.72. The number of carbonyl (C=O) groups is 1. The zero-order valence-corrected chi connectivity index (χ0v) is 13.4. The minimum absolute atomic E-state index is 0.112. The number of carboxylic acid groups (broad SMARTS) is 1. The van der Waals surface area contributed by atoms with E-state index in [0.29, 0.717) is 5.92 Å². The fourth-order valence-electron chi connectivity index (χ4n) is 2.78. The molecule has 0 amide bonds. The van der Waals surface area contributed by atoms with Crippen LogP contribution in [0.4, 0.5) is 0 Å². The Bertz CT molecular complexity index is 468. The molecule has 0 aromatic heterocycles. The van der Waals surface area contributed by atoms with Crippen molar-refractivity contribution >= 4 is 21.9 Å². The molecular weight excluding hydrogens is 318 g/mol. The maximum absolute atomic E-state index is 10.9. The lowest BCUT2D eigenvalue weighted by Crippen LogP contribution is -2.28. The molecule has 0 radical (unpaired) electrons. The third kappa shape index (κ3) is 4.32. The second-order valence-corrected chi connectivity index (χ2v) is 6.62. The molecule has 2 N–H and O–H groups in total. The third-order valence-electron chi connectivity index (χ3n) is 4.19. The van der Waals surface area contributed by atoms with Gasteiger partial charge < -0.3 is 10.4 Å². The predicted octanol–water partition coefficient (Wildman–Crippen LogP) is 3.74. The van der Waals surface area contributed by atoms with Gasteiger partial charge in [-0.25, -0.2) is 0 Å². The van der Waals surface area contributed by atoms with Crippen LogP contribution in [0, 0.1) is 18.8 Å². The Kier molecular flexibility index (Phi) is 5.61. The summed E-state index contributed by atoms with van der Waals surface area (Å²) < 4.78 is 1.15. The molecule has 0 bridgehead atoms. The summed E-state index contributed by atoms with van der Waals surface area (Å²) in [6, 6.07) is 6.43. The smallest absolute Gasteiger partial charge is 0.306 e. The fraction of sp³-hybridized carbons (Fsp3) is 0.562. The molecule has 2 rings (SSSR count). The highest BCUT2D eigenvalue weighted by Gasteiger charge is 2.25. The number of hydrogen-bond acceptors (Lipinski definition) is 2. The Morgan fingerprint density at radius 2 is 2.05 bits per heavy atom. The van der Waals surface area contributed by atoms with Crippen LogP contribution in [0.15, 0.2) is 22.7 Å².